The third-order valence-electron chi connectivity index (χ3n) is 4.86. The lowest BCUT2D eigenvalue weighted by atomic mass is 9.98. The highest BCUT2D eigenvalue weighted by atomic mass is 16.2. The van der Waals surface area contributed by atoms with Crippen LogP contribution in [-0.2, 0) is 11.2 Å². The van der Waals surface area contributed by atoms with Crippen molar-refractivity contribution in [3.8, 4) is 0 Å². The van der Waals surface area contributed by atoms with Crippen LogP contribution in [0.5, 0.6) is 0 Å². The van der Waals surface area contributed by atoms with Crippen LogP contribution < -0.4 is 10.2 Å². The maximum atomic E-state index is 12.4. The first-order valence-electron chi connectivity index (χ1n) is 7.83. The van der Waals surface area contributed by atoms with Gasteiger partial charge in [-0.1, -0.05) is 30.3 Å². The number of hydrogen-bond donors (Lipinski definition) is 2. The molecule has 3 N–H and O–H groups in total. The van der Waals surface area contributed by atoms with Crippen LogP contribution in [0.2, 0.25) is 0 Å². The number of fused-ring (bicyclic) bond motifs is 1. The topological polar surface area (TPSA) is 61.7 Å². The van der Waals surface area contributed by atoms with Crippen LogP contribution in [0.4, 0.5) is 4.79 Å². The Labute approximate surface area is 130 Å². The van der Waals surface area contributed by atoms with Crippen LogP contribution in [0.15, 0.2) is 30.3 Å². The van der Waals surface area contributed by atoms with Crippen molar-refractivity contribution < 1.29 is 19.8 Å². The molecule has 22 heavy (non-hydrogen) atoms. The van der Waals surface area contributed by atoms with Gasteiger partial charge in [-0.25, -0.2) is 4.79 Å². The second-order valence-corrected chi connectivity index (χ2v) is 6.27. The van der Waals surface area contributed by atoms with Crippen molar-refractivity contribution in [2.75, 3.05) is 33.9 Å². The number of nitrogens with two attached hydrogens (primary N) is 1. The van der Waals surface area contributed by atoms with Crippen molar-refractivity contribution in [3.05, 3.63) is 35.9 Å². The molecule has 0 aliphatic carbocycles. The summed E-state index contributed by atoms with van der Waals surface area (Å²) < 4.78 is 0. The molecule has 0 saturated carbocycles. The monoisotopic (exact) mass is 304 g/mol. The van der Waals surface area contributed by atoms with E-state index in [9.17, 15) is 9.59 Å². The molecule has 3 amide bonds. The summed E-state index contributed by atoms with van der Waals surface area (Å²) in [6, 6.07) is 10.2. The Hall–Kier alpha value is -1.92. The first-order valence-corrected chi connectivity index (χ1v) is 7.83. The van der Waals surface area contributed by atoms with Crippen LogP contribution in [0.25, 0.3) is 0 Å². The normalized spacial score (nSPS) is 28.7. The van der Waals surface area contributed by atoms with E-state index in [-0.39, 0.29) is 24.0 Å². The number of amides is 3. The van der Waals surface area contributed by atoms with Gasteiger partial charge >= 0.3 is 6.03 Å². The van der Waals surface area contributed by atoms with E-state index in [2.05, 4.69) is 29.6 Å². The second kappa shape index (κ2) is 6.06. The molecule has 2 fully saturated rings. The van der Waals surface area contributed by atoms with Crippen molar-refractivity contribution in [1.29, 1.82) is 0 Å². The average Bonchev–Trinajstić information content (AvgIpc) is 2.57. The van der Waals surface area contributed by atoms with Crippen molar-refractivity contribution >= 4 is 11.9 Å². The average molecular weight is 304 g/mol. The summed E-state index contributed by atoms with van der Waals surface area (Å²) in [5.41, 5.74) is 1.33. The molecule has 1 unspecified atom stereocenters. The van der Waals surface area contributed by atoms with Gasteiger partial charge in [0.15, 0.2) is 12.1 Å². The van der Waals surface area contributed by atoms with Crippen LogP contribution in [-0.4, -0.2) is 61.8 Å². The number of nitrogens with one attached hydrogen (secondary N) is 1. The molecule has 2 aliphatic rings. The highest BCUT2D eigenvalue weighted by Crippen LogP contribution is 2.16. The summed E-state index contributed by atoms with van der Waals surface area (Å²) in [5.74, 6) is -0.145. The van der Waals surface area contributed by atoms with Gasteiger partial charge in [-0.3, -0.25) is 24.8 Å². The summed E-state index contributed by atoms with van der Waals surface area (Å²) in [5, 5.41) is 2.14. The Morgan fingerprint density at radius 2 is 1.95 bits per heavy atom. The van der Waals surface area contributed by atoms with Crippen molar-refractivity contribution in [1.82, 2.24) is 9.80 Å². The Bertz CT molecular complexity index is 563. The minimum atomic E-state index is -0.199. The quantitative estimate of drug-likeness (QED) is 0.686. The van der Waals surface area contributed by atoms with Gasteiger partial charge in [0.2, 0.25) is 12.6 Å². The molecule has 1 aromatic carbocycles. The number of nitrogens with zero attached hydrogens (tertiary/aromatic N) is 2. The summed E-state index contributed by atoms with van der Waals surface area (Å²) >= 11 is 0. The Morgan fingerprint density at radius 3 is 2.68 bits per heavy atom. The second-order valence-electron chi connectivity index (χ2n) is 6.27. The van der Waals surface area contributed by atoms with E-state index in [0.29, 0.717) is 0 Å². The molecule has 3 atom stereocenters. The highest BCUT2D eigenvalue weighted by molar-refractivity contribution is 5.98. The molecule has 3 rings (SSSR count). The summed E-state index contributed by atoms with van der Waals surface area (Å²) in [6.07, 6.45) is 0.969. The number of carbonyl (C=O) groups is 2. The fourth-order valence-corrected chi connectivity index (χ4v) is 3.51. The predicted octanol–water partition coefficient (Wildman–Crippen LogP) is -1.89. The van der Waals surface area contributed by atoms with Gasteiger partial charge in [0.25, 0.3) is 0 Å². The molecule has 2 saturated heterocycles. The summed E-state index contributed by atoms with van der Waals surface area (Å²) in [4.78, 5) is 28.7. The van der Waals surface area contributed by atoms with E-state index in [1.165, 1.54) is 15.4 Å². The molecule has 6 heteroatoms. The van der Waals surface area contributed by atoms with Gasteiger partial charge in [-0.2, -0.15) is 0 Å². The molecule has 2 aliphatic heterocycles. The van der Waals surface area contributed by atoms with Gasteiger partial charge in [-0.15, -0.1) is 0 Å². The standard InChI is InChI=1S/C16H22N4O2/c1-18-14-13(15(21)19(2)16(18)22)10-20(11-17-14)9-8-12-6-4-3-5-7-12/h3-7,13-14,17H,8-11H2,1-2H3/p+2/t13-,14-/m0/s1. The molecule has 0 bridgehead atoms. The number of hydrogen-bond acceptors (Lipinski definition) is 2. The molecule has 0 radical (unpaired) electrons. The first kappa shape index (κ1) is 15.0. The minimum Gasteiger partial charge on any atom is -0.287 e. The largest absolute Gasteiger partial charge is 0.330 e. The molecule has 1 aromatic rings. The third kappa shape index (κ3) is 2.71. The van der Waals surface area contributed by atoms with E-state index >= 15 is 0 Å². The SMILES string of the molecule is CN1C(=O)[C@H]2C[NH+](CCc3ccccc3)C[NH2+][C@H]2N(C)C1=O. The van der Waals surface area contributed by atoms with Gasteiger partial charge in [0.05, 0.1) is 6.54 Å². The lowest BCUT2D eigenvalue weighted by molar-refractivity contribution is -1.03. The van der Waals surface area contributed by atoms with Gasteiger partial charge in [-0.05, 0) is 5.56 Å². The Kier molecular flexibility index (Phi) is 4.13. The van der Waals surface area contributed by atoms with Crippen molar-refractivity contribution in [3.63, 3.8) is 0 Å². The van der Waals surface area contributed by atoms with Gasteiger partial charge in [0.1, 0.15) is 6.54 Å². The molecular formula is C16H24N4O2+2. The minimum absolute atomic E-state index is 0.0405. The van der Waals surface area contributed by atoms with Crippen LogP contribution >= 0.6 is 0 Å². The maximum Gasteiger partial charge on any atom is 0.330 e. The van der Waals surface area contributed by atoms with E-state index in [4.69, 9.17) is 0 Å². The van der Waals surface area contributed by atoms with Crippen LogP contribution in [0, 0.1) is 5.92 Å². The fourth-order valence-electron chi connectivity index (χ4n) is 3.51. The summed E-state index contributed by atoms with van der Waals surface area (Å²) in [6.45, 7) is 2.72. The Balaban J connectivity index is 1.63. The van der Waals surface area contributed by atoms with E-state index < -0.39 is 0 Å². The molecule has 2 heterocycles. The lowest BCUT2D eigenvalue weighted by Gasteiger charge is -2.43. The first-order chi connectivity index (χ1) is 10.6. The molecular weight excluding hydrogens is 280 g/mol. The van der Waals surface area contributed by atoms with Gasteiger partial charge < -0.3 is 0 Å². The summed E-state index contributed by atoms with van der Waals surface area (Å²) in [7, 11) is 3.37. The number of urea groups is 1. The predicted molar refractivity (Wildman–Crippen MR) is 80.8 cm³/mol. The van der Waals surface area contributed by atoms with E-state index in [1.807, 2.05) is 6.07 Å². The van der Waals surface area contributed by atoms with Crippen molar-refractivity contribution in [2.24, 2.45) is 5.92 Å². The zero-order valence-electron chi connectivity index (χ0n) is 13.2. The number of benzene rings is 1. The van der Waals surface area contributed by atoms with Crippen LogP contribution in [0.1, 0.15) is 5.56 Å². The van der Waals surface area contributed by atoms with Gasteiger partial charge in [0, 0.05) is 20.5 Å². The molecule has 0 spiro atoms. The zero-order valence-corrected chi connectivity index (χ0v) is 13.2. The molecule has 0 aromatic heterocycles. The lowest BCUT2D eigenvalue weighted by Crippen LogP contribution is -3.28. The van der Waals surface area contributed by atoms with E-state index in [0.717, 1.165) is 26.2 Å². The number of imide groups is 1. The Morgan fingerprint density at radius 1 is 1.23 bits per heavy atom. The zero-order chi connectivity index (χ0) is 15.7. The molecule has 118 valence electrons. The highest BCUT2D eigenvalue weighted by Gasteiger charge is 2.50. The fraction of sp³-hybridized carbons (Fsp3) is 0.500. The smallest absolute Gasteiger partial charge is 0.287 e. The van der Waals surface area contributed by atoms with E-state index in [1.54, 1.807) is 19.0 Å². The number of quaternary nitrogens is 2. The van der Waals surface area contributed by atoms with Crippen LogP contribution in [0.3, 0.4) is 0 Å². The van der Waals surface area contributed by atoms with Crippen molar-refractivity contribution in [2.45, 2.75) is 12.6 Å². The number of rotatable bonds is 3. The third-order valence-corrected chi connectivity index (χ3v) is 4.86. The maximum absolute atomic E-state index is 12.4. The number of carbonyl (C=O) groups excluding carboxylic acids is 2. The molecule has 6 nitrogen and oxygen atoms in total.